The molecule has 0 spiro atoms. The summed E-state index contributed by atoms with van der Waals surface area (Å²) in [6.45, 7) is 1.64. The van der Waals surface area contributed by atoms with Crippen LogP contribution in [0, 0.1) is 29.3 Å². The Morgan fingerprint density at radius 1 is 1.25 bits per heavy atom. The molecule has 4 heteroatoms. The fourth-order valence-electron chi connectivity index (χ4n) is 1.44. The van der Waals surface area contributed by atoms with Gasteiger partial charge in [0.05, 0.1) is 0 Å². The number of nitrogens with one attached hydrogen (secondary N) is 1. The van der Waals surface area contributed by atoms with Crippen LogP contribution in [0.2, 0.25) is 0 Å². The van der Waals surface area contributed by atoms with E-state index in [0.29, 0.717) is 12.1 Å². The summed E-state index contributed by atoms with van der Waals surface area (Å²) in [6, 6.07) is 0.762. The van der Waals surface area contributed by atoms with Crippen LogP contribution in [0.3, 0.4) is 0 Å². The molecule has 1 N–H and O–H groups in total. The van der Waals surface area contributed by atoms with Gasteiger partial charge in [0, 0.05) is 30.2 Å². The van der Waals surface area contributed by atoms with Crippen molar-refractivity contribution in [2.45, 2.75) is 19.4 Å². The van der Waals surface area contributed by atoms with E-state index in [-0.39, 0.29) is 12.0 Å². The van der Waals surface area contributed by atoms with Crippen LogP contribution in [0.4, 0.5) is 13.2 Å². The third-order valence-electron chi connectivity index (χ3n) is 2.22. The lowest BCUT2D eigenvalue weighted by Gasteiger charge is -2.15. The minimum atomic E-state index is -0.921. The fourth-order valence-corrected chi connectivity index (χ4v) is 1.44. The molecule has 1 atom stereocenters. The van der Waals surface area contributed by atoms with Gasteiger partial charge < -0.3 is 5.32 Å². The molecule has 0 heterocycles. The van der Waals surface area contributed by atoms with Crippen LogP contribution in [-0.2, 0) is 0 Å². The Labute approximate surface area is 92.7 Å². The summed E-state index contributed by atoms with van der Waals surface area (Å²) in [6.07, 6.45) is 0.270. The van der Waals surface area contributed by atoms with Gasteiger partial charge in [-0.05, 0) is 14.0 Å². The Morgan fingerprint density at radius 2 is 1.81 bits per heavy atom. The Morgan fingerprint density at radius 3 is 2.25 bits per heavy atom. The van der Waals surface area contributed by atoms with Crippen LogP contribution in [0.25, 0.3) is 0 Å². The number of benzene rings is 1. The first-order chi connectivity index (χ1) is 7.60. The van der Waals surface area contributed by atoms with Gasteiger partial charge in [0.25, 0.3) is 0 Å². The first kappa shape index (κ1) is 12.6. The van der Waals surface area contributed by atoms with Crippen molar-refractivity contribution in [2.75, 3.05) is 7.05 Å². The van der Waals surface area contributed by atoms with Gasteiger partial charge >= 0.3 is 0 Å². The van der Waals surface area contributed by atoms with Crippen LogP contribution >= 0.6 is 0 Å². The highest BCUT2D eigenvalue weighted by Crippen LogP contribution is 2.23. The van der Waals surface area contributed by atoms with Gasteiger partial charge in [-0.3, -0.25) is 0 Å². The van der Waals surface area contributed by atoms with E-state index in [1.807, 2.05) is 0 Å². The average Bonchev–Trinajstić information content (AvgIpc) is 2.21. The Hall–Kier alpha value is -1.47. The zero-order valence-electron chi connectivity index (χ0n) is 9.07. The maximum Gasteiger partial charge on any atom is 0.133 e. The van der Waals surface area contributed by atoms with Gasteiger partial charge in [-0.1, -0.05) is 0 Å². The van der Waals surface area contributed by atoms with E-state index >= 15 is 0 Å². The van der Waals surface area contributed by atoms with E-state index in [0.717, 1.165) is 0 Å². The Kier molecular flexibility index (Phi) is 4.39. The third-order valence-corrected chi connectivity index (χ3v) is 2.22. The van der Waals surface area contributed by atoms with Crippen LogP contribution in [-0.4, -0.2) is 7.05 Å². The van der Waals surface area contributed by atoms with E-state index in [9.17, 15) is 13.2 Å². The lowest BCUT2D eigenvalue weighted by molar-refractivity contribution is 0.480. The van der Waals surface area contributed by atoms with Crippen molar-refractivity contribution in [3.8, 4) is 11.8 Å². The van der Waals surface area contributed by atoms with Crippen molar-refractivity contribution >= 4 is 0 Å². The fraction of sp³-hybridized carbons (Fsp3) is 0.333. The van der Waals surface area contributed by atoms with Gasteiger partial charge in [-0.15, -0.1) is 11.8 Å². The SMILES string of the molecule is CC#CCC(NC)c1c(F)cc(F)cc1F. The highest BCUT2D eigenvalue weighted by Gasteiger charge is 2.19. The second-order valence-electron chi connectivity index (χ2n) is 3.26. The molecule has 0 aliphatic rings. The van der Waals surface area contributed by atoms with Crippen molar-refractivity contribution in [2.24, 2.45) is 0 Å². The molecule has 0 bridgehead atoms. The molecule has 86 valence electrons. The van der Waals surface area contributed by atoms with Crippen molar-refractivity contribution in [3.63, 3.8) is 0 Å². The quantitative estimate of drug-likeness (QED) is 0.783. The Balaban J connectivity index is 3.12. The molecule has 1 unspecified atom stereocenters. The molecule has 1 nitrogen and oxygen atoms in total. The molecule has 1 rings (SSSR count). The molecule has 16 heavy (non-hydrogen) atoms. The molecule has 1 aromatic rings. The topological polar surface area (TPSA) is 12.0 Å². The first-order valence-corrected chi connectivity index (χ1v) is 4.81. The monoisotopic (exact) mass is 227 g/mol. The average molecular weight is 227 g/mol. The van der Waals surface area contributed by atoms with Crippen LogP contribution in [0.5, 0.6) is 0 Å². The predicted molar refractivity (Wildman–Crippen MR) is 56.2 cm³/mol. The zero-order chi connectivity index (χ0) is 12.1. The summed E-state index contributed by atoms with van der Waals surface area (Å²) in [4.78, 5) is 0. The van der Waals surface area contributed by atoms with E-state index in [2.05, 4.69) is 17.2 Å². The standard InChI is InChI=1S/C12H12F3N/c1-3-4-5-11(16-2)12-9(14)6-8(13)7-10(12)15/h6-7,11,16H,5H2,1-2H3. The van der Waals surface area contributed by atoms with Gasteiger partial charge in [0.15, 0.2) is 0 Å². The number of rotatable bonds is 3. The number of halogens is 3. The minimum Gasteiger partial charge on any atom is -0.312 e. The van der Waals surface area contributed by atoms with E-state index in [1.165, 1.54) is 0 Å². The van der Waals surface area contributed by atoms with Gasteiger partial charge in [-0.25, -0.2) is 13.2 Å². The van der Waals surface area contributed by atoms with Gasteiger partial charge in [0.1, 0.15) is 17.5 Å². The molecule has 0 saturated carbocycles. The summed E-state index contributed by atoms with van der Waals surface area (Å²) in [5, 5.41) is 2.75. The summed E-state index contributed by atoms with van der Waals surface area (Å²) in [5.74, 6) is 2.66. The van der Waals surface area contributed by atoms with Crippen molar-refractivity contribution in [3.05, 3.63) is 35.1 Å². The number of hydrogen-bond donors (Lipinski definition) is 1. The molecule has 1 aromatic carbocycles. The second-order valence-corrected chi connectivity index (χ2v) is 3.26. The van der Waals surface area contributed by atoms with Crippen molar-refractivity contribution in [1.82, 2.24) is 5.32 Å². The van der Waals surface area contributed by atoms with E-state index in [1.54, 1.807) is 14.0 Å². The zero-order valence-corrected chi connectivity index (χ0v) is 9.07. The lowest BCUT2D eigenvalue weighted by atomic mass is 10.0. The smallest absolute Gasteiger partial charge is 0.133 e. The van der Waals surface area contributed by atoms with Crippen LogP contribution in [0.15, 0.2) is 12.1 Å². The van der Waals surface area contributed by atoms with Crippen LogP contribution < -0.4 is 5.32 Å². The molecule has 0 aliphatic carbocycles. The molecule has 0 amide bonds. The molecular formula is C12H12F3N. The highest BCUT2D eigenvalue weighted by atomic mass is 19.1. The maximum absolute atomic E-state index is 13.4. The van der Waals surface area contributed by atoms with E-state index in [4.69, 9.17) is 0 Å². The lowest BCUT2D eigenvalue weighted by Crippen LogP contribution is -2.19. The van der Waals surface area contributed by atoms with Gasteiger partial charge in [0.2, 0.25) is 0 Å². The summed E-state index contributed by atoms with van der Waals surface area (Å²) < 4.78 is 39.5. The van der Waals surface area contributed by atoms with Gasteiger partial charge in [-0.2, -0.15) is 0 Å². The largest absolute Gasteiger partial charge is 0.312 e. The molecular weight excluding hydrogens is 215 g/mol. The molecule has 0 fully saturated rings. The van der Waals surface area contributed by atoms with Crippen molar-refractivity contribution < 1.29 is 13.2 Å². The van der Waals surface area contributed by atoms with Crippen LogP contribution in [0.1, 0.15) is 24.9 Å². The normalized spacial score (nSPS) is 11.8. The maximum atomic E-state index is 13.4. The Bertz CT molecular complexity index is 409. The highest BCUT2D eigenvalue weighted by molar-refractivity contribution is 5.25. The molecule has 0 saturated heterocycles. The molecule has 0 aromatic heterocycles. The first-order valence-electron chi connectivity index (χ1n) is 4.81. The van der Waals surface area contributed by atoms with Crippen molar-refractivity contribution in [1.29, 1.82) is 0 Å². The summed E-state index contributed by atoms with van der Waals surface area (Å²) in [7, 11) is 1.57. The molecule has 0 radical (unpaired) electrons. The molecule has 0 aliphatic heterocycles. The second kappa shape index (κ2) is 5.57. The third kappa shape index (κ3) is 2.77. The van der Waals surface area contributed by atoms with E-state index < -0.39 is 23.5 Å². The number of hydrogen-bond acceptors (Lipinski definition) is 1. The summed E-state index contributed by atoms with van der Waals surface area (Å²) in [5.41, 5.74) is -0.174. The minimum absolute atomic E-state index is 0.174. The predicted octanol–water partition coefficient (Wildman–Crippen LogP) is 2.78. The summed E-state index contributed by atoms with van der Waals surface area (Å²) >= 11 is 0.